The zero-order valence-corrected chi connectivity index (χ0v) is 8.93. The van der Waals surface area contributed by atoms with E-state index in [4.69, 9.17) is 11.6 Å². The summed E-state index contributed by atoms with van der Waals surface area (Å²) in [6.07, 6.45) is 0. The highest BCUT2D eigenvalue weighted by atomic mass is 35.5. The molecule has 0 aromatic heterocycles. The van der Waals surface area contributed by atoms with E-state index in [1.54, 1.807) is 0 Å². The van der Waals surface area contributed by atoms with Crippen LogP contribution < -0.4 is 4.90 Å². The number of rotatable bonds is 3. The van der Waals surface area contributed by atoms with E-state index in [1.165, 1.54) is 5.69 Å². The summed E-state index contributed by atoms with van der Waals surface area (Å²) < 4.78 is 0. The summed E-state index contributed by atoms with van der Waals surface area (Å²) in [6.45, 7) is 10.2. The summed E-state index contributed by atoms with van der Waals surface area (Å²) in [5.41, 5.74) is 2.17. The van der Waals surface area contributed by atoms with E-state index in [9.17, 15) is 0 Å². The summed E-state index contributed by atoms with van der Waals surface area (Å²) in [5.74, 6) is 0. The van der Waals surface area contributed by atoms with Gasteiger partial charge in [-0.25, -0.2) is 0 Å². The summed E-state index contributed by atoms with van der Waals surface area (Å²) in [6, 6.07) is 5.83. The number of hydrogen-bond donors (Lipinski definition) is 0. The van der Waals surface area contributed by atoms with Crippen molar-refractivity contribution < 1.29 is 0 Å². The molecule has 1 radical (unpaired) electrons. The van der Waals surface area contributed by atoms with Gasteiger partial charge in [-0.2, -0.15) is 0 Å². The molecule has 0 aliphatic heterocycles. The van der Waals surface area contributed by atoms with E-state index in [2.05, 4.69) is 25.7 Å². The maximum absolute atomic E-state index is 5.85. The van der Waals surface area contributed by atoms with Crippen LogP contribution >= 0.6 is 11.6 Å². The SMILES string of the molecule is [CH2]c1cc(Cl)ccc1N(CC)CC. The van der Waals surface area contributed by atoms with Crippen LogP contribution in [-0.4, -0.2) is 13.1 Å². The fourth-order valence-corrected chi connectivity index (χ4v) is 1.62. The molecule has 1 nitrogen and oxygen atoms in total. The standard InChI is InChI=1S/C11H15ClN/c1-4-13(5-2)11-7-6-10(12)8-9(11)3/h6-8H,3-5H2,1-2H3. The Labute approximate surface area is 85.3 Å². The molecule has 0 fully saturated rings. The summed E-state index contributed by atoms with van der Waals surface area (Å²) in [4.78, 5) is 2.26. The first-order valence-corrected chi connectivity index (χ1v) is 4.93. The lowest BCUT2D eigenvalue weighted by atomic mass is 10.2. The second-order valence-corrected chi connectivity index (χ2v) is 3.38. The molecule has 0 heterocycles. The van der Waals surface area contributed by atoms with Gasteiger partial charge in [-0.1, -0.05) is 11.6 Å². The molecule has 71 valence electrons. The molecule has 0 unspecified atom stereocenters. The van der Waals surface area contributed by atoms with Crippen molar-refractivity contribution in [2.75, 3.05) is 18.0 Å². The summed E-state index contributed by atoms with van der Waals surface area (Å²) in [5, 5.41) is 0.751. The number of halogens is 1. The molecule has 13 heavy (non-hydrogen) atoms. The van der Waals surface area contributed by atoms with Crippen LogP contribution in [0.25, 0.3) is 0 Å². The smallest absolute Gasteiger partial charge is 0.0410 e. The van der Waals surface area contributed by atoms with Crippen LogP contribution in [0.5, 0.6) is 0 Å². The molecule has 1 aromatic carbocycles. The van der Waals surface area contributed by atoms with Gasteiger partial charge in [0.25, 0.3) is 0 Å². The van der Waals surface area contributed by atoms with Crippen molar-refractivity contribution in [2.24, 2.45) is 0 Å². The predicted octanol–water partition coefficient (Wildman–Crippen LogP) is 3.37. The Kier molecular flexibility index (Phi) is 3.61. The monoisotopic (exact) mass is 196 g/mol. The van der Waals surface area contributed by atoms with Gasteiger partial charge in [0.2, 0.25) is 0 Å². The molecular formula is C11H15ClN. The van der Waals surface area contributed by atoms with Crippen LogP contribution in [0.3, 0.4) is 0 Å². The Hall–Kier alpha value is -0.690. The third kappa shape index (κ3) is 2.38. The molecule has 1 rings (SSSR count). The van der Waals surface area contributed by atoms with Crippen molar-refractivity contribution in [3.8, 4) is 0 Å². The van der Waals surface area contributed by atoms with E-state index in [0.29, 0.717) is 0 Å². The molecule has 0 bridgehead atoms. The first-order chi connectivity index (χ1) is 6.19. The summed E-state index contributed by atoms with van der Waals surface area (Å²) in [7, 11) is 0. The largest absolute Gasteiger partial charge is 0.372 e. The lowest BCUT2D eigenvalue weighted by Crippen LogP contribution is -2.22. The Morgan fingerprint density at radius 2 is 1.92 bits per heavy atom. The van der Waals surface area contributed by atoms with Gasteiger partial charge in [0.1, 0.15) is 0 Å². The number of benzene rings is 1. The van der Waals surface area contributed by atoms with E-state index in [0.717, 1.165) is 23.7 Å². The third-order valence-electron chi connectivity index (χ3n) is 2.15. The molecular weight excluding hydrogens is 182 g/mol. The minimum absolute atomic E-state index is 0.751. The van der Waals surface area contributed by atoms with Crippen LogP contribution in [0.2, 0.25) is 5.02 Å². The molecule has 0 aliphatic rings. The van der Waals surface area contributed by atoms with Gasteiger partial charge in [-0.3, -0.25) is 0 Å². The van der Waals surface area contributed by atoms with Gasteiger partial charge < -0.3 is 4.90 Å². The highest BCUT2D eigenvalue weighted by Gasteiger charge is 2.04. The van der Waals surface area contributed by atoms with Crippen LogP contribution in [0, 0.1) is 6.92 Å². The van der Waals surface area contributed by atoms with Gasteiger partial charge in [0.15, 0.2) is 0 Å². The maximum Gasteiger partial charge on any atom is 0.0410 e. The second kappa shape index (κ2) is 4.52. The average Bonchev–Trinajstić information content (AvgIpc) is 2.10. The Balaban J connectivity index is 2.99. The quantitative estimate of drug-likeness (QED) is 0.717. The highest BCUT2D eigenvalue weighted by molar-refractivity contribution is 6.30. The fraction of sp³-hybridized carbons (Fsp3) is 0.364. The van der Waals surface area contributed by atoms with Crippen LogP contribution in [0.15, 0.2) is 18.2 Å². The van der Waals surface area contributed by atoms with E-state index < -0.39 is 0 Å². The van der Waals surface area contributed by atoms with Crippen molar-refractivity contribution in [2.45, 2.75) is 13.8 Å². The Morgan fingerprint density at radius 3 is 2.38 bits per heavy atom. The topological polar surface area (TPSA) is 3.24 Å². The molecule has 0 atom stereocenters. The van der Waals surface area contributed by atoms with Crippen LogP contribution in [-0.2, 0) is 0 Å². The molecule has 0 spiro atoms. The van der Waals surface area contributed by atoms with E-state index in [1.807, 2.05) is 18.2 Å². The van der Waals surface area contributed by atoms with Gasteiger partial charge in [0.05, 0.1) is 0 Å². The zero-order chi connectivity index (χ0) is 9.84. The van der Waals surface area contributed by atoms with Gasteiger partial charge in [-0.15, -0.1) is 0 Å². The normalized spacial score (nSPS) is 10.2. The third-order valence-corrected chi connectivity index (χ3v) is 2.38. The number of hydrogen-bond acceptors (Lipinski definition) is 1. The number of nitrogens with zero attached hydrogens (tertiary/aromatic N) is 1. The lowest BCUT2D eigenvalue weighted by molar-refractivity contribution is 0.864. The molecule has 0 amide bonds. The van der Waals surface area contributed by atoms with Gasteiger partial charge in [0, 0.05) is 23.8 Å². The Morgan fingerprint density at radius 1 is 1.31 bits per heavy atom. The maximum atomic E-state index is 5.85. The first-order valence-electron chi connectivity index (χ1n) is 4.55. The minimum atomic E-state index is 0.751. The minimum Gasteiger partial charge on any atom is -0.372 e. The molecule has 2 heteroatoms. The van der Waals surface area contributed by atoms with E-state index >= 15 is 0 Å². The van der Waals surface area contributed by atoms with Crippen LogP contribution in [0.1, 0.15) is 19.4 Å². The Bertz CT molecular complexity index is 279. The van der Waals surface area contributed by atoms with Crippen LogP contribution in [0.4, 0.5) is 5.69 Å². The average molecular weight is 197 g/mol. The zero-order valence-electron chi connectivity index (χ0n) is 8.18. The second-order valence-electron chi connectivity index (χ2n) is 2.95. The lowest BCUT2D eigenvalue weighted by Gasteiger charge is -2.23. The van der Waals surface area contributed by atoms with E-state index in [-0.39, 0.29) is 0 Å². The molecule has 1 aromatic rings. The first kappa shape index (κ1) is 10.4. The van der Waals surface area contributed by atoms with Gasteiger partial charge >= 0.3 is 0 Å². The predicted molar refractivity (Wildman–Crippen MR) is 59.5 cm³/mol. The number of anilines is 1. The fourth-order valence-electron chi connectivity index (χ4n) is 1.43. The van der Waals surface area contributed by atoms with Crippen molar-refractivity contribution >= 4 is 17.3 Å². The molecule has 0 saturated heterocycles. The van der Waals surface area contributed by atoms with Crippen molar-refractivity contribution in [3.05, 3.63) is 35.7 Å². The molecule has 0 N–H and O–H groups in total. The van der Waals surface area contributed by atoms with Gasteiger partial charge in [-0.05, 0) is 44.5 Å². The van der Waals surface area contributed by atoms with Crippen molar-refractivity contribution in [1.82, 2.24) is 0 Å². The molecule has 0 aliphatic carbocycles. The molecule has 0 saturated carbocycles. The highest BCUT2D eigenvalue weighted by Crippen LogP contribution is 2.22. The van der Waals surface area contributed by atoms with Crippen molar-refractivity contribution in [1.29, 1.82) is 0 Å². The van der Waals surface area contributed by atoms with Crippen molar-refractivity contribution in [3.63, 3.8) is 0 Å². The summed E-state index contributed by atoms with van der Waals surface area (Å²) >= 11 is 5.85.